The molecule has 100 valence electrons. The molecule has 0 saturated heterocycles. The Bertz CT molecular complexity index is 590. The molecule has 3 nitrogen and oxygen atoms in total. The fraction of sp³-hybridized carbons (Fsp3) is 0.200. The van der Waals surface area contributed by atoms with Gasteiger partial charge in [0.05, 0.1) is 20.9 Å². The standard InChI is InChI=1S/C10H9ClF3NO2S/c1-6(15)5-18(16,17)7-2-3-9(11)8(4-7)10(12,13)14/h2-5H,15H2,1H3/b6-5+. The van der Waals surface area contributed by atoms with Gasteiger partial charge in [-0.25, -0.2) is 8.42 Å². The number of hydrogen-bond donors (Lipinski definition) is 1. The molecule has 0 amide bonds. The van der Waals surface area contributed by atoms with Crippen molar-refractivity contribution < 1.29 is 21.6 Å². The van der Waals surface area contributed by atoms with Crippen LogP contribution in [0.3, 0.4) is 0 Å². The van der Waals surface area contributed by atoms with Crippen molar-refractivity contribution in [2.45, 2.75) is 18.0 Å². The van der Waals surface area contributed by atoms with Crippen molar-refractivity contribution in [1.29, 1.82) is 0 Å². The predicted octanol–water partition coefficient (Wildman–Crippen LogP) is 2.95. The zero-order valence-electron chi connectivity index (χ0n) is 9.12. The number of halogens is 4. The molecule has 1 aromatic carbocycles. The van der Waals surface area contributed by atoms with Gasteiger partial charge in [0, 0.05) is 5.70 Å². The van der Waals surface area contributed by atoms with Crippen LogP contribution in [0.4, 0.5) is 13.2 Å². The van der Waals surface area contributed by atoms with Crippen molar-refractivity contribution in [3.05, 3.63) is 39.9 Å². The number of allylic oxidation sites excluding steroid dienone is 1. The monoisotopic (exact) mass is 299 g/mol. The van der Waals surface area contributed by atoms with Crippen LogP contribution in [0.5, 0.6) is 0 Å². The van der Waals surface area contributed by atoms with Crippen molar-refractivity contribution in [1.82, 2.24) is 0 Å². The number of alkyl halides is 3. The molecule has 0 aromatic heterocycles. The Balaban J connectivity index is 3.43. The maximum Gasteiger partial charge on any atom is 0.417 e. The van der Waals surface area contributed by atoms with Gasteiger partial charge in [-0.1, -0.05) is 11.6 Å². The van der Waals surface area contributed by atoms with Crippen molar-refractivity contribution >= 4 is 21.4 Å². The molecule has 0 saturated carbocycles. The molecule has 0 unspecified atom stereocenters. The van der Waals surface area contributed by atoms with Gasteiger partial charge in [-0.05, 0) is 25.1 Å². The average molecular weight is 300 g/mol. The smallest absolute Gasteiger partial charge is 0.402 e. The third kappa shape index (κ3) is 3.39. The van der Waals surface area contributed by atoms with Gasteiger partial charge in [0.2, 0.25) is 9.84 Å². The molecule has 0 radical (unpaired) electrons. The first-order valence-corrected chi connectivity index (χ1v) is 6.52. The fourth-order valence-electron chi connectivity index (χ4n) is 1.21. The van der Waals surface area contributed by atoms with E-state index in [9.17, 15) is 21.6 Å². The summed E-state index contributed by atoms with van der Waals surface area (Å²) in [4.78, 5) is -0.510. The Morgan fingerprint density at radius 2 is 1.94 bits per heavy atom. The second-order valence-electron chi connectivity index (χ2n) is 3.55. The lowest BCUT2D eigenvalue weighted by Crippen LogP contribution is -2.08. The van der Waals surface area contributed by atoms with Crippen molar-refractivity contribution in [2.75, 3.05) is 0 Å². The molecule has 0 spiro atoms. The zero-order chi connectivity index (χ0) is 14.1. The van der Waals surface area contributed by atoms with Gasteiger partial charge in [0.15, 0.2) is 0 Å². The van der Waals surface area contributed by atoms with E-state index in [-0.39, 0.29) is 5.70 Å². The average Bonchev–Trinajstić information content (AvgIpc) is 2.13. The first-order valence-electron chi connectivity index (χ1n) is 4.59. The van der Waals surface area contributed by atoms with Gasteiger partial charge in [0.25, 0.3) is 0 Å². The Hall–Kier alpha value is -1.21. The Morgan fingerprint density at radius 1 is 1.39 bits per heavy atom. The summed E-state index contributed by atoms with van der Waals surface area (Å²) in [6, 6.07) is 2.36. The first kappa shape index (κ1) is 14.8. The van der Waals surface area contributed by atoms with Crippen molar-refractivity contribution in [2.24, 2.45) is 5.73 Å². The Morgan fingerprint density at radius 3 is 2.39 bits per heavy atom. The lowest BCUT2D eigenvalue weighted by Gasteiger charge is -2.10. The Kier molecular flexibility index (Phi) is 3.97. The highest BCUT2D eigenvalue weighted by Crippen LogP contribution is 2.36. The number of hydrogen-bond acceptors (Lipinski definition) is 3. The Labute approximate surface area is 107 Å². The van der Waals surface area contributed by atoms with E-state index in [0.29, 0.717) is 11.5 Å². The van der Waals surface area contributed by atoms with Gasteiger partial charge in [-0.2, -0.15) is 13.2 Å². The van der Waals surface area contributed by atoms with E-state index < -0.39 is 31.5 Å². The highest BCUT2D eigenvalue weighted by atomic mass is 35.5. The van der Waals surface area contributed by atoms with E-state index in [1.54, 1.807) is 0 Å². The molecule has 2 N–H and O–H groups in total. The van der Waals surface area contributed by atoms with Gasteiger partial charge in [0.1, 0.15) is 0 Å². The van der Waals surface area contributed by atoms with Crippen LogP contribution in [0.1, 0.15) is 12.5 Å². The first-order chi connectivity index (χ1) is 8.04. The van der Waals surface area contributed by atoms with E-state index in [1.165, 1.54) is 6.92 Å². The summed E-state index contributed by atoms with van der Waals surface area (Å²) in [5.41, 5.74) is 3.97. The van der Waals surface area contributed by atoms with E-state index in [1.807, 2.05) is 0 Å². The minimum atomic E-state index is -4.72. The summed E-state index contributed by atoms with van der Waals surface area (Å²) in [7, 11) is -4.00. The zero-order valence-corrected chi connectivity index (χ0v) is 10.7. The second kappa shape index (κ2) is 4.81. The van der Waals surface area contributed by atoms with Gasteiger partial charge >= 0.3 is 6.18 Å². The van der Waals surface area contributed by atoms with Crippen molar-refractivity contribution in [3.63, 3.8) is 0 Å². The van der Waals surface area contributed by atoms with Crippen LogP contribution in [0, 0.1) is 0 Å². The number of sulfone groups is 1. The summed E-state index contributed by atoms with van der Waals surface area (Å²) < 4.78 is 61.0. The number of nitrogens with two attached hydrogens (primary N) is 1. The van der Waals surface area contributed by atoms with Crippen LogP contribution in [0.2, 0.25) is 5.02 Å². The molecule has 0 aliphatic carbocycles. The molecule has 0 fully saturated rings. The molecular formula is C10H9ClF3NO2S. The molecule has 18 heavy (non-hydrogen) atoms. The molecule has 1 rings (SSSR count). The van der Waals surface area contributed by atoms with Gasteiger partial charge in [-0.15, -0.1) is 0 Å². The van der Waals surface area contributed by atoms with E-state index >= 15 is 0 Å². The topological polar surface area (TPSA) is 60.2 Å². The molecule has 0 bridgehead atoms. The summed E-state index contributed by atoms with van der Waals surface area (Å²) in [6.07, 6.45) is -4.72. The molecule has 0 atom stereocenters. The predicted molar refractivity (Wildman–Crippen MR) is 61.6 cm³/mol. The second-order valence-corrected chi connectivity index (χ2v) is 5.75. The molecule has 0 aliphatic rings. The van der Waals surface area contributed by atoms with Crippen LogP contribution in [0.15, 0.2) is 34.2 Å². The molecule has 1 aromatic rings. The molecule has 0 heterocycles. The summed E-state index contributed by atoms with van der Waals surface area (Å²) >= 11 is 5.38. The van der Waals surface area contributed by atoms with Crippen LogP contribution in [-0.2, 0) is 16.0 Å². The third-order valence-corrected chi connectivity index (χ3v) is 3.84. The molecule has 8 heteroatoms. The molecular weight excluding hydrogens is 291 g/mol. The molecule has 0 aliphatic heterocycles. The largest absolute Gasteiger partial charge is 0.417 e. The van der Waals surface area contributed by atoms with Gasteiger partial charge in [-0.3, -0.25) is 0 Å². The summed E-state index contributed by atoms with van der Waals surface area (Å²) in [5, 5.41) is 0.131. The maximum absolute atomic E-state index is 12.6. The minimum absolute atomic E-state index is 0.0292. The fourth-order valence-corrected chi connectivity index (χ4v) is 2.60. The lowest BCUT2D eigenvalue weighted by atomic mass is 10.2. The van der Waals surface area contributed by atoms with Gasteiger partial charge < -0.3 is 5.73 Å². The highest BCUT2D eigenvalue weighted by Gasteiger charge is 2.34. The minimum Gasteiger partial charge on any atom is -0.402 e. The quantitative estimate of drug-likeness (QED) is 0.913. The van der Waals surface area contributed by atoms with Crippen LogP contribution < -0.4 is 5.73 Å². The van der Waals surface area contributed by atoms with E-state index in [0.717, 1.165) is 12.1 Å². The maximum atomic E-state index is 12.6. The summed E-state index contributed by atoms with van der Waals surface area (Å²) in [6.45, 7) is 1.32. The normalized spacial score (nSPS) is 13.7. The van der Waals surface area contributed by atoms with Crippen LogP contribution in [0.25, 0.3) is 0 Å². The summed E-state index contributed by atoms with van der Waals surface area (Å²) in [5.74, 6) is 0. The third-order valence-electron chi connectivity index (χ3n) is 1.91. The number of rotatable bonds is 2. The highest BCUT2D eigenvalue weighted by molar-refractivity contribution is 7.94. The van der Waals surface area contributed by atoms with E-state index in [4.69, 9.17) is 17.3 Å². The van der Waals surface area contributed by atoms with Crippen LogP contribution >= 0.6 is 11.6 Å². The van der Waals surface area contributed by atoms with Crippen LogP contribution in [-0.4, -0.2) is 8.42 Å². The lowest BCUT2D eigenvalue weighted by molar-refractivity contribution is -0.137. The van der Waals surface area contributed by atoms with E-state index in [2.05, 4.69) is 0 Å². The van der Waals surface area contributed by atoms with Crippen molar-refractivity contribution in [3.8, 4) is 0 Å². The number of benzene rings is 1. The SMILES string of the molecule is C/C(N)=C\S(=O)(=O)c1ccc(Cl)c(C(F)(F)F)c1.